The van der Waals surface area contributed by atoms with E-state index in [-0.39, 0.29) is 18.0 Å². The predicted molar refractivity (Wildman–Crippen MR) is 85.8 cm³/mol. The van der Waals surface area contributed by atoms with Gasteiger partial charge in [0.25, 0.3) is 5.91 Å². The van der Waals surface area contributed by atoms with Gasteiger partial charge in [-0.1, -0.05) is 5.16 Å². The lowest BCUT2D eigenvalue weighted by molar-refractivity contribution is -0.0154. The Balaban J connectivity index is 1.40. The van der Waals surface area contributed by atoms with Gasteiger partial charge in [-0.25, -0.2) is 0 Å². The summed E-state index contributed by atoms with van der Waals surface area (Å²) in [5.41, 5.74) is 1.36. The van der Waals surface area contributed by atoms with E-state index in [1.165, 1.54) is 0 Å². The van der Waals surface area contributed by atoms with Crippen molar-refractivity contribution in [2.45, 2.75) is 56.7 Å². The summed E-state index contributed by atoms with van der Waals surface area (Å²) in [5.74, 6) is 0.637. The van der Waals surface area contributed by atoms with Crippen LogP contribution in [0.1, 0.15) is 47.5 Å². The fourth-order valence-electron chi connectivity index (χ4n) is 4.23. The maximum atomic E-state index is 12.6. The summed E-state index contributed by atoms with van der Waals surface area (Å²) >= 11 is 0. The number of aliphatic hydroxyl groups is 1. The quantitative estimate of drug-likeness (QED) is 0.837. The van der Waals surface area contributed by atoms with Crippen LogP contribution in [0, 0.1) is 0 Å². The molecule has 1 aromatic heterocycles. The minimum absolute atomic E-state index is 0.102. The van der Waals surface area contributed by atoms with Crippen LogP contribution in [-0.4, -0.2) is 65.6 Å². The third-order valence-corrected chi connectivity index (χ3v) is 5.58. The molecule has 0 spiro atoms. The Morgan fingerprint density at radius 1 is 1.21 bits per heavy atom. The molecular formula is C17H25N3O4. The molecule has 3 atom stereocenters. The van der Waals surface area contributed by atoms with Crippen molar-refractivity contribution in [2.75, 3.05) is 26.3 Å². The molecule has 1 amide bonds. The Morgan fingerprint density at radius 3 is 2.83 bits per heavy atom. The Morgan fingerprint density at radius 2 is 2.00 bits per heavy atom. The van der Waals surface area contributed by atoms with Crippen molar-refractivity contribution in [3.63, 3.8) is 0 Å². The van der Waals surface area contributed by atoms with Crippen LogP contribution in [-0.2, 0) is 17.6 Å². The van der Waals surface area contributed by atoms with Crippen molar-refractivity contribution in [2.24, 2.45) is 0 Å². The molecule has 3 aliphatic rings. The van der Waals surface area contributed by atoms with Crippen molar-refractivity contribution in [3.05, 3.63) is 17.0 Å². The van der Waals surface area contributed by atoms with E-state index in [0.717, 1.165) is 62.9 Å². The third-order valence-electron chi connectivity index (χ3n) is 5.58. The molecule has 1 aromatic rings. The number of hydrogen-bond donors (Lipinski definition) is 2. The van der Waals surface area contributed by atoms with Gasteiger partial charge in [-0.15, -0.1) is 0 Å². The molecule has 0 bridgehead atoms. The summed E-state index contributed by atoms with van der Waals surface area (Å²) in [4.78, 5) is 14.9. The maximum Gasteiger partial charge on any atom is 0.274 e. The fraction of sp³-hybridized carbons (Fsp3) is 0.765. The predicted octanol–water partition coefficient (Wildman–Crippen LogP) is 0.507. The summed E-state index contributed by atoms with van der Waals surface area (Å²) in [7, 11) is 0. The Bertz CT molecular complexity index is 597. The summed E-state index contributed by atoms with van der Waals surface area (Å²) in [6, 6.07) is -0.119. The SMILES string of the molecule is O=C(N[C@@H]1CC[C@@H](N2CCOCC2)[C@@H]1O)c1noc2c1CCCC2. The van der Waals surface area contributed by atoms with Gasteiger partial charge in [0.05, 0.1) is 25.4 Å². The smallest absolute Gasteiger partial charge is 0.274 e. The summed E-state index contributed by atoms with van der Waals surface area (Å²) < 4.78 is 10.7. The number of morpholine rings is 1. The van der Waals surface area contributed by atoms with Gasteiger partial charge in [0.1, 0.15) is 5.76 Å². The first-order valence-electron chi connectivity index (χ1n) is 9.02. The van der Waals surface area contributed by atoms with Crippen molar-refractivity contribution in [1.29, 1.82) is 0 Å². The number of carbonyl (C=O) groups excluding carboxylic acids is 1. The van der Waals surface area contributed by atoms with E-state index < -0.39 is 6.10 Å². The second-order valence-corrected chi connectivity index (χ2v) is 7.00. The van der Waals surface area contributed by atoms with E-state index in [4.69, 9.17) is 9.26 Å². The van der Waals surface area contributed by atoms with Gasteiger partial charge in [-0.05, 0) is 32.1 Å². The highest BCUT2D eigenvalue weighted by Gasteiger charge is 2.40. The number of amides is 1. The Labute approximate surface area is 141 Å². The number of aromatic nitrogens is 1. The zero-order chi connectivity index (χ0) is 16.5. The molecule has 4 rings (SSSR count). The van der Waals surface area contributed by atoms with Crippen molar-refractivity contribution in [1.82, 2.24) is 15.4 Å². The van der Waals surface area contributed by atoms with Gasteiger partial charge in [0.15, 0.2) is 5.69 Å². The minimum Gasteiger partial charge on any atom is -0.389 e. The van der Waals surface area contributed by atoms with Crippen LogP contribution in [0.5, 0.6) is 0 Å². The molecule has 7 nitrogen and oxygen atoms in total. The van der Waals surface area contributed by atoms with E-state index in [1.807, 2.05) is 0 Å². The number of rotatable bonds is 3. The fourth-order valence-corrected chi connectivity index (χ4v) is 4.23. The molecule has 2 fully saturated rings. The van der Waals surface area contributed by atoms with Crippen LogP contribution in [0.2, 0.25) is 0 Å². The number of aryl methyl sites for hydroxylation is 1. The lowest BCUT2D eigenvalue weighted by Crippen LogP contribution is -2.51. The van der Waals surface area contributed by atoms with E-state index >= 15 is 0 Å². The summed E-state index contributed by atoms with van der Waals surface area (Å²) in [5, 5.41) is 17.6. The average molecular weight is 335 g/mol. The lowest BCUT2D eigenvalue weighted by atomic mass is 9.96. The highest BCUT2D eigenvalue weighted by molar-refractivity contribution is 5.94. The number of fused-ring (bicyclic) bond motifs is 1. The van der Waals surface area contributed by atoms with E-state index in [1.54, 1.807) is 0 Å². The molecule has 2 N–H and O–H groups in total. The first-order valence-corrected chi connectivity index (χ1v) is 9.02. The van der Waals surface area contributed by atoms with E-state index in [0.29, 0.717) is 18.9 Å². The Hall–Kier alpha value is -1.44. The molecule has 0 aromatic carbocycles. The van der Waals surface area contributed by atoms with Crippen LogP contribution in [0.25, 0.3) is 0 Å². The number of aliphatic hydroxyl groups excluding tert-OH is 1. The van der Waals surface area contributed by atoms with Crippen LogP contribution < -0.4 is 5.32 Å². The second kappa shape index (κ2) is 6.82. The van der Waals surface area contributed by atoms with Gasteiger partial charge in [0, 0.05) is 31.1 Å². The average Bonchev–Trinajstić information content (AvgIpc) is 3.20. The molecule has 0 radical (unpaired) electrons. The highest BCUT2D eigenvalue weighted by atomic mass is 16.5. The van der Waals surface area contributed by atoms with Crippen molar-refractivity contribution in [3.8, 4) is 0 Å². The number of ether oxygens (including phenoxy) is 1. The van der Waals surface area contributed by atoms with Crippen LogP contribution in [0.3, 0.4) is 0 Å². The topological polar surface area (TPSA) is 87.8 Å². The number of nitrogens with one attached hydrogen (secondary N) is 1. The Kier molecular flexibility index (Phi) is 4.56. The molecule has 2 aliphatic carbocycles. The molecule has 2 heterocycles. The zero-order valence-electron chi connectivity index (χ0n) is 13.9. The first-order chi connectivity index (χ1) is 11.7. The summed E-state index contributed by atoms with van der Waals surface area (Å²) in [6.07, 6.45) is 5.00. The second-order valence-electron chi connectivity index (χ2n) is 7.00. The number of carbonyl (C=O) groups is 1. The van der Waals surface area contributed by atoms with Crippen LogP contribution in [0.4, 0.5) is 0 Å². The largest absolute Gasteiger partial charge is 0.389 e. The number of hydrogen-bond acceptors (Lipinski definition) is 6. The van der Waals surface area contributed by atoms with Gasteiger partial charge in [-0.2, -0.15) is 0 Å². The molecule has 7 heteroatoms. The molecule has 132 valence electrons. The zero-order valence-corrected chi connectivity index (χ0v) is 13.9. The highest BCUT2D eigenvalue weighted by Crippen LogP contribution is 2.27. The van der Waals surface area contributed by atoms with Crippen molar-refractivity contribution < 1.29 is 19.2 Å². The van der Waals surface area contributed by atoms with Crippen molar-refractivity contribution >= 4 is 5.91 Å². The summed E-state index contributed by atoms with van der Waals surface area (Å²) in [6.45, 7) is 3.12. The van der Waals surface area contributed by atoms with Crippen LogP contribution >= 0.6 is 0 Å². The molecule has 24 heavy (non-hydrogen) atoms. The molecule has 1 saturated heterocycles. The normalized spacial score (nSPS) is 31.0. The lowest BCUT2D eigenvalue weighted by Gasteiger charge is -2.34. The van der Waals surface area contributed by atoms with Gasteiger partial charge in [0.2, 0.25) is 0 Å². The monoisotopic (exact) mass is 335 g/mol. The van der Waals surface area contributed by atoms with Gasteiger partial charge < -0.3 is 19.7 Å². The maximum absolute atomic E-state index is 12.6. The molecular weight excluding hydrogens is 310 g/mol. The molecule has 1 saturated carbocycles. The van der Waals surface area contributed by atoms with Gasteiger partial charge in [-0.3, -0.25) is 9.69 Å². The van der Waals surface area contributed by atoms with E-state index in [2.05, 4.69) is 15.4 Å². The first kappa shape index (κ1) is 16.1. The third kappa shape index (κ3) is 2.96. The minimum atomic E-state index is -0.547. The molecule has 1 aliphatic heterocycles. The molecule has 0 unspecified atom stereocenters. The number of nitrogens with zero attached hydrogens (tertiary/aromatic N) is 2. The van der Waals surface area contributed by atoms with Gasteiger partial charge >= 0.3 is 0 Å². The van der Waals surface area contributed by atoms with E-state index in [9.17, 15) is 9.90 Å². The van der Waals surface area contributed by atoms with Crippen LogP contribution in [0.15, 0.2) is 4.52 Å². The standard InChI is InChI=1S/C17H25N3O4/c21-16-12(5-6-13(16)20-7-9-23-10-8-20)18-17(22)15-11-3-1-2-4-14(11)24-19-15/h12-13,16,21H,1-10H2,(H,18,22)/t12-,13-,16-/m1/s1.